The van der Waals surface area contributed by atoms with Crippen molar-refractivity contribution in [3.8, 4) is 11.5 Å². The van der Waals surface area contributed by atoms with E-state index in [-0.39, 0.29) is 24.3 Å². The van der Waals surface area contributed by atoms with Crippen LogP contribution in [0.3, 0.4) is 0 Å². The summed E-state index contributed by atoms with van der Waals surface area (Å²) in [6.07, 6.45) is 1.06. The van der Waals surface area contributed by atoms with E-state index in [1.165, 1.54) is 0 Å². The van der Waals surface area contributed by atoms with Crippen LogP contribution in [0.2, 0.25) is 0 Å². The maximum atomic E-state index is 12.4. The quantitative estimate of drug-likeness (QED) is 0.538. The first-order chi connectivity index (χ1) is 13.9. The number of benzene rings is 1. The zero-order chi connectivity index (χ0) is 21.2. The monoisotopic (exact) mass is 407 g/mol. The molecule has 1 aliphatic heterocycles. The molecule has 1 atom stereocenters. The number of ether oxygens (including phenoxy) is 3. The third kappa shape index (κ3) is 7.21. The summed E-state index contributed by atoms with van der Waals surface area (Å²) in [5, 5.41) is 5.74. The normalized spacial score (nSPS) is 17.1. The van der Waals surface area contributed by atoms with Crippen molar-refractivity contribution in [1.82, 2.24) is 15.5 Å². The van der Waals surface area contributed by atoms with E-state index in [0.29, 0.717) is 44.3 Å². The molecule has 0 aromatic heterocycles. The lowest BCUT2D eigenvalue weighted by molar-refractivity contribution is -0.134. The molecule has 2 N–H and O–H groups in total. The van der Waals surface area contributed by atoms with Crippen LogP contribution in [-0.2, 0) is 20.9 Å². The summed E-state index contributed by atoms with van der Waals surface area (Å²) < 4.78 is 16.1. The fraction of sp³-hybridized carbons (Fsp3) is 0.619. The molecule has 29 heavy (non-hydrogen) atoms. The summed E-state index contributed by atoms with van der Waals surface area (Å²) in [5.74, 6) is 1.05. The van der Waals surface area contributed by atoms with E-state index in [1.807, 2.05) is 36.9 Å². The molecule has 0 radical (unpaired) electrons. The number of nitrogens with one attached hydrogen (secondary N) is 2. The average molecular weight is 408 g/mol. The predicted molar refractivity (Wildman–Crippen MR) is 110 cm³/mol. The summed E-state index contributed by atoms with van der Waals surface area (Å²) >= 11 is 0. The Kier molecular flexibility index (Phi) is 9.21. The molecular weight excluding hydrogens is 374 g/mol. The summed E-state index contributed by atoms with van der Waals surface area (Å²) in [6.45, 7) is 6.90. The fourth-order valence-corrected chi connectivity index (χ4v) is 3.25. The molecule has 162 valence electrons. The highest BCUT2D eigenvalue weighted by Gasteiger charge is 2.31. The fourth-order valence-electron chi connectivity index (χ4n) is 3.25. The van der Waals surface area contributed by atoms with Gasteiger partial charge in [0.1, 0.15) is 0 Å². The van der Waals surface area contributed by atoms with E-state index in [1.54, 1.807) is 14.2 Å². The number of methoxy groups -OCH3 is 2. The molecule has 8 nitrogen and oxygen atoms in total. The molecule has 1 aliphatic rings. The molecule has 0 unspecified atom stereocenters. The van der Waals surface area contributed by atoms with Crippen LogP contribution in [0, 0.1) is 0 Å². The molecule has 0 spiro atoms. The van der Waals surface area contributed by atoms with Crippen LogP contribution in [0.1, 0.15) is 32.3 Å². The van der Waals surface area contributed by atoms with E-state index in [4.69, 9.17) is 14.2 Å². The lowest BCUT2D eigenvalue weighted by atomic mass is 10.1. The smallest absolute Gasteiger partial charge is 0.237 e. The Hall–Kier alpha value is -2.32. The van der Waals surface area contributed by atoms with Gasteiger partial charge in [-0.2, -0.15) is 0 Å². The largest absolute Gasteiger partial charge is 0.493 e. The first kappa shape index (κ1) is 23.0. The number of carbonyl (C=O) groups is 2. The van der Waals surface area contributed by atoms with Crippen LogP contribution in [-0.4, -0.2) is 69.3 Å². The van der Waals surface area contributed by atoms with Crippen molar-refractivity contribution in [3.05, 3.63) is 23.8 Å². The van der Waals surface area contributed by atoms with Gasteiger partial charge >= 0.3 is 0 Å². The molecule has 1 fully saturated rings. The molecule has 1 heterocycles. The van der Waals surface area contributed by atoms with E-state index in [2.05, 4.69) is 10.6 Å². The van der Waals surface area contributed by atoms with Crippen LogP contribution < -0.4 is 20.1 Å². The van der Waals surface area contributed by atoms with Crippen LogP contribution in [0.25, 0.3) is 0 Å². The summed E-state index contributed by atoms with van der Waals surface area (Å²) in [7, 11) is 3.19. The maximum Gasteiger partial charge on any atom is 0.237 e. The van der Waals surface area contributed by atoms with Gasteiger partial charge in [-0.3, -0.25) is 14.5 Å². The molecule has 0 aliphatic carbocycles. The highest BCUT2D eigenvalue weighted by Crippen LogP contribution is 2.28. The Labute approximate surface area is 172 Å². The zero-order valence-electron chi connectivity index (χ0n) is 17.8. The van der Waals surface area contributed by atoms with Gasteiger partial charge < -0.3 is 24.8 Å². The van der Waals surface area contributed by atoms with Gasteiger partial charge in [0.25, 0.3) is 0 Å². The van der Waals surface area contributed by atoms with E-state index < -0.39 is 6.04 Å². The Morgan fingerprint density at radius 1 is 1.28 bits per heavy atom. The molecule has 1 aromatic rings. The van der Waals surface area contributed by atoms with E-state index >= 15 is 0 Å². The van der Waals surface area contributed by atoms with Crippen LogP contribution in [0.15, 0.2) is 18.2 Å². The summed E-state index contributed by atoms with van der Waals surface area (Å²) in [4.78, 5) is 26.8. The van der Waals surface area contributed by atoms with E-state index in [9.17, 15) is 9.59 Å². The maximum absolute atomic E-state index is 12.4. The topological polar surface area (TPSA) is 89.1 Å². The first-order valence-electron chi connectivity index (χ1n) is 10.1. The first-order valence-corrected chi connectivity index (χ1v) is 10.1. The van der Waals surface area contributed by atoms with Gasteiger partial charge in [0.05, 0.1) is 32.8 Å². The number of amides is 2. The number of hydrogen-bond donors (Lipinski definition) is 2. The Morgan fingerprint density at radius 3 is 2.72 bits per heavy atom. The average Bonchev–Trinajstić information content (AvgIpc) is 2.70. The van der Waals surface area contributed by atoms with Gasteiger partial charge in [-0.15, -0.1) is 0 Å². The number of nitrogens with zero attached hydrogens (tertiary/aromatic N) is 1. The SMILES string of the molecule is COc1ccc(CN2CCNC(=O)[C@@H]2CC(=O)NCCCOC(C)C)cc1OC. The molecule has 1 aromatic carbocycles. The van der Waals surface area contributed by atoms with Crippen molar-refractivity contribution in [1.29, 1.82) is 0 Å². The predicted octanol–water partition coefficient (Wildman–Crippen LogP) is 1.33. The zero-order valence-corrected chi connectivity index (χ0v) is 17.8. The minimum absolute atomic E-state index is 0.116. The lowest BCUT2D eigenvalue weighted by Crippen LogP contribution is -2.56. The van der Waals surface area contributed by atoms with Crippen molar-refractivity contribution >= 4 is 11.8 Å². The Morgan fingerprint density at radius 2 is 2.03 bits per heavy atom. The second-order valence-corrected chi connectivity index (χ2v) is 7.29. The number of piperazine rings is 1. The van der Waals surface area contributed by atoms with Crippen molar-refractivity contribution in [3.63, 3.8) is 0 Å². The van der Waals surface area contributed by atoms with Gasteiger partial charge in [0, 0.05) is 32.8 Å². The Bertz CT molecular complexity index is 680. The third-order valence-corrected chi connectivity index (χ3v) is 4.75. The summed E-state index contributed by atoms with van der Waals surface area (Å²) in [5.41, 5.74) is 0.994. The van der Waals surface area contributed by atoms with E-state index in [0.717, 1.165) is 12.0 Å². The van der Waals surface area contributed by atoms with Gasteiger partial charge in [0.15, 0.2) is 11.5 Å². The molecule has 0 saturated carbocycles. The second kappa shape index (κ2) is 11.6. The third-order valence-electron chi connectivity index (χ3n) is 4.75. The molecule has 1 saturated heterocycles. The van der Waals surface area contributed by atoms with Crippen LogP contribution in [0.5, 0.6) is 11.5 Å². The minimum atomic E-state index is -0.497. The van der Waals surface area contributed by atoms with Crippen LogP contribution in [0.4, 0.5) is 0 Å². The molecule has 0 bridgehead atoms. The number of carbonyl (C=O) groups excluding carboxylic acids is 2. The minimum Gasteiger partial charge on any atom is -0.493 e. The summed E-state index contributed by atoms with van der Waals surface area (Å²) in [6, 6.07) is 5.19. The van der Waals surface area contributed by atoms with Crippen molar-refractivity contribution < 1.29 is 23.8 Å². The molecular formula is C21H33N3O5. The van der Waals surface area contributed by atoms with Crippen LogP contribution >= 0.6 is 0 Å². The number of hydrogen-bond acceptors (Lipinski definition) is 6. The molecule has 2 amide bonds. The van der Waals surface area contributed by atoms with Gasteiger partial charge in [0.2, 0.25) is 11.8 Å². The highest BCUT2D eigenvalue weighted by molar-refractivity contribution is 5.88. The highest BCUT2D eigenvalue weighted by atomic mass is 16.5. The van der Waals surface area contributed by atoms with Crippen molar-refractivity contribution in [2.45, 2.75) is 45.4 Å². The van der Waals surface area contributed by atoms with Gasteiger partial charge in [-0.05, 0) is 38.0 Å². The van der Waals surface area contributed by atoms with Gasteiger partial charge in [-0.25, -0.2) is 0 Å². The van der Waals surface area contributed by atoms with Gasteiger partial charge in [-0.1, -0.05) is 6.07 Å². The lowest BCUT2D eigenvalue weighted by Gasteiger charge is -2.34. The molecule has 8 heteroatoms. The van der Waals surface area contributed by atoms with Crippen molar-refractivity contribution in [2.75, 3.05) is 40.5 Å². The Balaban J connectivity index is 1.93. The van der Waals surface area contributed by atoms with Crippen molar-refractivity contribution in [2.24, 2.45) is 0 Å². The standard InChI is InChI=1S/C21H33N3O5/c1-15(2)29-11-5-8-22-20(25)13-17-21(26)23-9-10-24(17)14-16-6-7-18(27-3)19(12-16)28-4/h6-7,12,15,17H,5,8-11,13-14H2,1-4H3,(H,22,25)(H,23,26)/t17-/m0/s1. The molecule has 2 rings (SSSR count). The second-order valence-electron chi connectivity index (χ2n) is 7.29. The number of rotatable bonds is 11.